The van der Waals surface area contributed by atoms with Crippen LogP contribution in [0, 0.1) is 11.3 Å². The Hall–Kier alpha value is -0.240. The minimum absolute atomic E-state index is 0.233. The normalized spacial score (nSPS) is 26.4. The Bertz CT molecular complexity index is 155. The second kappa shape index (κ2) is 4.60. The lowest BCUT2D eigenvalue weighted by molar-refractivity contribution is 0.00315. The van der Waals surface area contributed by atoms with Crippen LogP contribution in [0.1, 0.15) is 0 Å². The fourth-order valence-corrected chi connectivity index (χ4v) is 1.41. The van der Waals surface area contributed by atoms with Gasteiger partial charge in [-0.05, 0) is 0 Å². The van der Waals surface area contributed by atoms with Crippen molar-refractivity contribution in [2.24, 2.45) is 0 Å². The van der Waals surface area contributed by atoms with Gasteiger partial charge in [0.25, 0.3) is 0 Å². The largest absolute Gasteiger partial charge is 0.361 e. The molecule has 1 saturated heterocycles. The maximum Gasteiger partial charge on any atom is 0.156 e. The standard InChI is InChI=1S/C7H12N2OS/c8-5-7-6-9(2-4-11)1-3-10-7/h7,11H,1-4,6H2. The van der Waals surface area contributed by atoms with Crippen molar-refractivity contribution in [2.45, 2.75) is 6.10 Å². The summed E-state index contributed by atoms with van der Waals surface area (Å²) in [7, 11) is 0. The molecule has 0 amide bonds. The smallest absolute Gasteiger partial charge is 0.156 e. The van der Waals surface area contributed by atoms with Crippen molar-refractivity contribution in [3.8, 4) is 6.07 Å². The Morgan fingerprint density at radius 2 is 2.55 bits per heavy atom. The summed E-state index contributed by atoms with van der Waals surface area (Å²) in [5.74, 6) is 0.845. The SMILES string of the molecule is N#CC1CN(CCS)CCO1. The first-order chi connectivity index (χ1) is 5.36. The van der Waals surface area contributed by atoms with Crippen LogP contribution in [0.25, 0.3) is 0 Å². The van der Waals surface area contributed by atoms with Crippen LogP contribution in [-0.4, -0.2) is 43.0 Å². The van der Waals surface area contributed by atoms with Crippen molar-refractivity contribution in [1.82, 2.24) is 4.90 Å². The molecule has 0 aromatic rings. The van der Waals surface area contributed by atoms with Gasteiger partial charge in [0.2, 0.25) is 0 Å². The van der Waals surface area contributed by atoms with Gasteiger partial charge in [-0.3, -0.25) is 4.90 Å². The van der Waals surface area contributed by atoms with E-state index in [4.69, 9.17) is 10.00 Å². The van der Waals surface area contributed by atoms with Gasteiger partial charge < -0.3 is 4.74 Å². The second-order valence-corrected chi connectivity index (χ2v) is 2.96. The topological polar surface area (TPSA) is 36.3 Å². The molecule has 0 aliphatic carbocycles. The lowest BCUT2D eigenvalue weighted by Crippen LogP contribution is -2.42. The molecular formula is C7H12N2OS. The monoisotopic (exact) mass is 172 g/mol. The summed E-state index contributed by atoms with van der Waals surface area (Å²) in [5, 5.41) is 8.56. The minimum atomic E-state index is -0.233. The van der Waals surface area contributed by atoms with Crippen LogP contribution in [0.3, 0.4) is 0 Å². The van der Waals surface area contributed by atoms with Gasteiger partial charge in [0.15, 0.2) is 6.10 Å². The lowest BCUT2D eigenvalue weighted by atomic mass is 10.3. The van der Waals surface area contributed by atoms with Gasteiger partial charge in [-0.2, -0.15) is 17.9 Å². The van der Waals surface area contributed by atoms with Gasteiger partial charge in [0, 0.05) is 25.4 Å². The summed E-state index contributed by atoms with van der Waals surface area (Å²) in [4.78, 5) is 2.20. The molecule has 1 heterocycles. The molecule has 1 rings (SSSR count). The highest BCUT2D eigenvalue weighted by atomic mass is 32.1. The summed E-state index contributed by atoms with van der Waals surface area (Å²) >= 11 is 4.12. The van der Waals surface area contributed by atoms with Gasteiger partial charge in [-0.25, -0.2) is 0 Å². The van der Waals surface area contributed by atoms with Crippen LogP contribution in [0.15, 0.2) is 0 Å². The van der Waals surface area contributed by atoms with E-state index in [2.05, 4.69) is 23.6 Å². The maximum absolute atomic E-state index is 8.56. The summed E-state index contributed by atoms with van der Waals surface area (Å²) in [6.45, 7) is 3.28. The van der Waals surface area contributed by atoms with E-state index in [0.717, 1.165) is 25.4 Å². The molecule has 1 fully saturated rings. The zero-order valence-electron chi connectivity index (χ0n) is 6.36. The summed E-state index contributed by atoms with van der Waals surface area (Å²) in [6.07, 6.45) is -0.233. The Morgan fingerprint density at radius 1 is 1.73 bits per heavy atom. The molecule has 1 unspecified atom stereocenters. The first kappa shape index (κ1) is 8.85. The Kier molecular flexibility index (Phi) is 3.70. The van der Waals surface area contributed by atoms with E-state index in [1.54, 1.807) is 0 Å². The molecule has 62 valence electrons. The van der Waals surface area contributed by atoms with Crippen molar-refractivity contribution >= 4 is 12.6 Å². The molecular weight excluding hydrogens is 160 g/mol. The molecule has 0 bridgehead atoms. The van der Waals surface area contributed by atoms with E-state index < -0.39 is 0 Å². The fraction of sp³-hybridized carbons (Fsp3) is 0.857. The Balaban J connectivity index is 2.29. The zero-order chi connectivity index (χ0) is 8.10. The number of ether oxygens (including phenoxy) is 1. The fourth-order valence-electron chi connectivity index (χ4n) is 1.13. The van der Waals surface area contributed by atoms with Gasteiger partial charge in [-0.1, -0.05) is 0 Å². The van der Waals surface area contributed by atoms with Gasteiger partial charge >= 0.3 is 0 Å². The summed E-state index contributed by atoms with van der Waals surface area (Å²) in [5.41, 5.74) is 0. The third-order valence-corrected chi connectivity index (χ3v) is 1.91. The first-order valence-corrected chi connectivity index (χ1v) is 4.34. The molecule has 1 atom stereocenters. The molecule has 0 aromatic heterocycles. The maximum atomic E-state index is 8.56. The van der Waals surface area contributed by atoms with Crippen molar-refractivity contribution in [3.63, 3.8) is 0 Å². The lowest BCUT2D eigenvalue weighted by Gasteiger charge is -2.28. The van der Waals surface area contributed by atoms with E-state index in [9.17, 15) is 0 Å². The van der Waals surface area contributed by atoms with Gasteiger partial charge in [0.1, 0.15) is 0 Å². The number of hydrogen-bond donors (Lipinski definition) is 1. The molecule has 1 aliphatic rings. The molecule has 1 aliphatic heterocycles. The minimum Gasteiger partial charge on any atom is -0.361 e. The number of hydrogen-bond acceptors (Lipinski definition) is 4. The predicted octanol–water partition coefficient (Wildman–Crippen LogP) is 0.141. The van der Waals surface area contributed by atoms with Gasteiger partial charge in [-0.15, -0.1) is 0 Å². The zero-order valence-corrected chi connectivity index (χ0v) is 7.26. The number of nitriles is 1. The molecule has 0 saturated carbocycles. The Morgan fingerprint density at radius 3 is 3.18 bits per heavy atom. The van der Waals surface area contributed by atoms with E-state index in [1.165, 1.54) is 0 Å². The molecule has 0 N–H and O–H groups in total. The first-order valence-electron chi connectivity index (χ1n) is 3.71. The van der Waals surface area contributed by atoms with Crippen molar-refractivity contribution in [2.75, 3.05) is 32.0 Å². The molecule has 11 heavy (non-hydrogen) atoms. The molecule has 0 aromatic carbocycles. The molecule has 0 spiro atoms. The summed E-state index contributed by atoms with van der Waals surface area (Å²) in [6, 6.07) is 2.10. The number of nitrogens with zero attached hydrogens (tertiary/aromatic N) is 2. The highest BCUT2D eigenvalue weighted by Gasteiger charge is 2.18. The Labute approximate surface area is 72.3 Å². The highest BCUT2D eigenvalue weighted by Crippen LogP contribution is 2.03. The van der Waals surface area contributed by atoms with Crippen LogP contribution in [0.2, 0.25) is 0 Å². The van der Waals surface area contributed by atoms with E-state index in [1.807, 2.05) is 0 Å². The van der Waals surface area contributed by atoms with Crippen LogP contribution >= 0.6 is 12.6 Å². The highest BCUT2D eigenvalue weighted by molar-refractivity contribution is 7.80. The van der Waals surface area contributed by atoms with Crippen molar-refractivity contribution < 1.29 is 4.74 Å². The third-order valence-electron chi connectivity index (χ3n) is 1.71. The average Bonchev–Trinajstić information content (AvgIpc) is 2.06. The quantitative estimate of drug-likeness (QED) is 0.602. The van der Waals surface area contributed by atoms with E-state index in [0.29, 0.717) is 6.61 Å². The van der Waals surface area contributed by atoms with Crippen LogP contribution in [-0.2, 0) is 4.74 Å². The molecule has 3 nitrogen and oxygen atoms in total. The molecule has 0 radical (unpaired) electrons. The van der Waals surface area contributed by atoms with Crippen LogP contribution < -0.4 is 0 Å². The van der Waals surface area contributed by atoms with E-state index >= 15 is 0 Å². The number of morpholine rings is 1. The van der Waals surface area contributed by atoms with Crippen molar-refractivity contribution in [1.29, 1.82) is 5.26 Å². The molecule has 4 heteroatoms. The van der Waals surface area contributed by atoms with Crippen molar-refractivity contribution in [3.05, 3.63) is 0 Å². The third kappa shape index (κ3) is 2.70. The van der Waals surface area contributed by atoms with Crippen LogP contribution in [0.4, 0.5) is 0 Å². The van der Waals surface area contributed by atoms with Crippen LogP contribution in [0.5, 0.6) is 0 Å². The predicted molar refractivity (Wildman–Crippen MR) is 45.6 cm³/mol. The van der Waals surface area contributed by atoms with Gasteiger partial charge in [0.05, 0.1) is 12.7 Å². The number of rotatable bonds is 2. The van der Waals surface area contributed by atoms with E-state index in [-0.39, 0.29) is 6.10 Å². The number of thiol groups is 1. The second-order valence-electron chi connectivity index (χ2n) is 2.51. The average molecular weight is 172 g/mol. The summed E-state index contributed by atoms with van der Waals surface area (Å²) < 4.78 is 5.18.